The number of methoxy groups -OCH3 is 2. The zero-order valence-electron chi connectivity index (χ0n) is 11.1. The number of ether oxygens (including phenoxy) is 2. The van der Waals surface area contributed by atoms with Gasteiger partial charge < -0.3 is 14.9 Å². The highest BCUT2D eigenvalue weighted by Crippen LogP contribution is 2.40. The molecule has 0 atom stereocenters. The molecule has 0 bridgehead atoms. The van der Waals surface area contributed by atoms with Gasteiger partial charge in [0.05, 0.1) is 19.2 Å². The first kappa shape index (κ1) is 13.7. The molecule has 0 amide bonds. The van der Waals surface area contributed by atoms with Crippen LogP contribution in [-0.2, 0) is 6.42 Å². The molecule has 0 radical (unpaired) electrons. The lowest BCUT2D eigenvalue weighted by Gasteiger charge is -2.14. The minimum atomic E-state index is 0.490. The Balaban J connectivity index is 2.87. The van der Waals surface area contributed by atoms with Gasteiger partial charge in [-0.2, -0.15) is 0 Å². The van der Waals surface area contributed by atoms with Gasteiger partial charge in [-0.1, -0.05) is 18.5 Å². The third-order valence-electron chi connectivity index (χ3n) is 3.00. The number of pyridine rings is 1. The first-order chi connectivity index (χ1) is 9.15. The zero-order chi connectivity index (χ0) is 14.0. The van der Waals surface area contributed by atoms with E-state index in [9.17, 15) is 0 Å². The maximum absolute atomic E-state index is 6.18. The van der Waals surface area contributed by atoms with Crippen molar-refractivity contribution in [2.45, 2.75) is 13.3 Å². The summed E-state index contributed by atoms with van der Waals surface area (Å²) in [5.74, 6) is 7.29. The summed E-state index contributed by atoms with van der Waals surface area (Å²) in [5, 5.41) is 1.30. The van der Waals surface area contributed by atoms with Crippen molar-refractivity contribution in [3.05, 3.63) is 22.7 Å². The van der Waals surface area contributed by atoms with Crippen molar-refractivity contribution < 1.29 is 9.47 Å². The minimum absolute atomic E-state index is 0.490. The summed E-state index contributed by atoms with van der Waals surface area (Å²) >= 11 is 6.18. The van der Waals surface area contributed by atoms with Gasteiger partial charge in [0.15, 0.2) is 0 Å². The Morgan fingerprint density at radius 1 is 1.32 bits per heavy atom. The summed E-state index contributed by atoms with van der Waals surface area (Å²) in [6, 6.07) is 3.65. The van der Waals surface area contributed by atoms with Crippen molar-refractivity contribution in [2.75, 3.05) is 19.6 Å². The molecule has 102 valence electrons. The van der Waals surface area contributed by atoms with Gasteiger partial charge in [-0.15, -0.1) is 0 Å². The van der Waals surface area contributed by atoms with E-state index in [4.69, 9.17) is 26.9 Å². The standard InChI is InChI=1S/C13H16ClN3O2/c1-4-7-5-8-11(16-13(7)17-15)10(18-2)6-9(14)12(8)19-3/h5-6H,4,15H2,1-3H3,(H,16,17). The van der Waals surface area contributed by atoms with E-state index >= 15 is 0 Å². The van der Waals surface area contributed by atoms with Crippen molar-refractivity contribution in [3.8, 4) is 11.5 Å². The molecule has 1 aromatic heterocycles. The zero-order valence-corrected chi connectivity index (χ0v) is 11.8. The van der Waals surface area contributed by atoms with E-state index in [1.165, 1.54) is 0 Å². The number of aryl methyl sites for hydroxylation is 1. The Hall–Kier alpha value is -1.72. The molecule has 2 aromatic rings. The number of anilines is 1. The van der Waals surface area contributed by atoms with Crippen LogP contribution in [0.15, 0.2) is 12.1 Å². The molecule has 0 aliphatic carbocycles. The molecule has 0 spiro atoms. The van der Waals surface area contributed by atoms with Crippen LogP contribution < -0.4 is 20.7 Å². The van der Waals surface area contributed by atoms with Gasteiger partial charge in [0.1, 0.15) is 22.8 Å². The van der Waals surface area contributed by atoms with Crippen LogP contribution in [0.2, 0.25) is 5.02 Å². The predicted molar refractivity (Wildman–Crippen MR) is 77.0 cm³/mol. The van der Waals surface area contributed by atoms with Crippen molar-refractivity contribution in [3.63, 3.8) is 0 Å². The van der Waals surface area contributed by atoms with Crippen molar-refractivity contribution in [1.82, 2.24) is 4.98 Å². The lowest BCUT2D eigenvalue weighted by molar-refractivity contribution is 0.410. The Morgan fingerprint density at radius 2 is 2.05 bits per heavy atom. The molecule has 0 aliphatic rings. The van der Waals surface area contributed by atoms with E-state index in [1.807, 2.05) is 13.0 Å². The number of hydrazine groups is 1. The summed E-state index contributed by atoms with van der Waals surface area (Å²) in [5.41, 5.74) is 4.25. The van der Waals surface area contributed by atoms with Crippen LogP contribution in [-0.4, -0.2) is 19.2 Å². The summed E-state index contributed by atoms with van der Waals surface area (Å²) in [6.07, 6.45) is 0.792. The molecular formula is C13H16ClN3O2. The van der Waals surface area contributed by atoms with Gasteiger partial charge in [-0.05, 0) is 18.1 Å². The number of nitrogens with zero attached hydrogens (tertiary/aromatic N) is 1. The Kier molecular flexibility index (Phi) is 3.97. The van der Waals surface area contributed by atoms with Gasteiger partial charge in [-0.3, -0.25) is 0 Å². The fraction of sp³-hybridized carbons (Fsp3) is 0.308. The molecule has 3 N–H and O–H groups in total. The Bertz CT molecular complexity index is 617. The maximum atomic E-state index is 6.18. The first-order valence-electron chi connectivity index (χ1n) is 5.86. The fourth-order valence-corrected chi connectivity index (χ4v) is 2.33. The number of nitrogen functional groups attached to an aromatic ring is 1. The van der Waals surface area contributed by atoms with E-state index in [0.29, 0.717) is 27.9 Å². The number of hydrogen-bond acceptors (Lipinski definition) is 5. The molecule has 1 heterocycles. The van der Waals surface area contributed by atoms with Crippen molar-refractivity contribution in [1.29, 1.82) is 0 Å². The van der Waals surface area contributed by atoms with Crippen LogP contribution in [0.25, 0.3) is 10.9 Å². The summed E-state index contributed by atoms with van der Waals surface area (Å²) in [6.45, 7) is 2.03. The molecule has 0 fully saturated rings. The van der Waals surface area contributed by atoms with Crippen LogP contribution in [0.1, 0.15) is 12.5 Å². The fourth-order valence-electron chi connectivity index (χ4n) is 2.05. The van der Waals surface area contributed by atoms with Crippen LogP contribution in [0.3, 0.4) is 0 Å². The average molecular weight is 282 g/mol. The smallest absolute Gasteiger partial charge is 0.147 e. The number of nitrogens with two attached hydrogens (primary N) is 1. The third-order valence-corrected chi connectivity index (χ3v) is 3.28. The number of fused-ring (bicyclic) bond motifs is 1. The molecule has 1 aromatic carbocycles. The predicted octanol–water partition coefficient (Wildman–Crippen LogP) is 2.75. The number of benzene rings is 1. The maximum Gasteiger partial charge on any atom is 0.147 e. The summed E-state index contributed by atoms with van der Waals surface area (Å²) in [4.78, 5) is 4.49. The molecule has 2 rings (SSSR count). The van der Waals surface area contributed by atoms with Gasteiger partial charge in [0.25, 0.3) is 0 Å². The lowest BCUT2D eigenvalue weighted by Crippen LogP contribution is -2.11. The van der Waals surface area contributed by atoms with E-state index in [2.05, 4.69) is 10.4 Å². The summed E-state index contributed by atoms with van der Waals surface area (Å²) < 4.78 is 10.7. The number of aromatic nitrogens is 1. The van der Waals surface area contributed by atoms with Crippen molar-refractivity contribution in [2.24, 2.45) is 5.84 Å². The molecular weight excluding hydrogens is 266 g/mol. The number of halogens is 1. The Labute approximate surface area is 116 Å². The van der Waals surface area contributed by atoms with Crippen LogP contribution >= 0.6 is 11.6 Å². The number of rotatable bonds is 4. The van der Waals surface area contributed by atoms with E-state index in [-0.39, 0.29) is 0 Å². The molecule has 0 saturated heterocycles. The van der Waals surface area contributed by atoms with Gasteiger partial charge in [0.2, 0.25) is 0 Å². The molecule has 0 unspecified atom stereocenters. The third kappa shape index (κ3) is 2.27. The lowest BCUT2D eigenvalue weighted by atomic mass is 10.1. The first-order valence-corrected chi connectivity index (χ1v) is 6.24. The van der Waals surface area contributed by atoms with Gasteiger partial charge in [-0.25, -0.2) is 10.8 Å². The largest absolute Gasteiger partial charge is 0.494 e. The van der Waals surface area contributed by atoms with E-state index < -0.39 is 0 Å². The SMILES string of the molecule is CCc1cc2c(OC)c(Cl)cc(OC)c2nc1NN. The van der Waals surface area contributed by atoms with E-state index in [0.717, 1.165) is 17.4 Å². The average Bonchev–Trinajstić information content (AvgIpc) is 2.44. The molecule has 19 heavy (non-hydrogen) atoms. The minimum Gasteiger partial charge on any atom is -0.494 e. The van der Waals surface area contributed by atoms with E-state index in [1.54, 1.807) is 20.3 Å². The Morgan fingerprint density at radius 3 is 2.58 bits per heavy atom. The molecule has 0 aliphatic heterocycles. The highest BCUT2D eigenvalue weighted by molar-refractivity contribution is 6.33. The van der Waals surface area contributed by atoms with Crippen LogP contribution in [0, 0.1) is 0 Å². The topological polar surface area (TPSA) is 69.4 Å². The van der Waals surface area contributed by atoms with Crippen LogP contribution in [0.4, 0.5) is 5.82 Å². The van der Waals surface area contributed by atoms with Crippen LogP contribution in [0.5, 0.6) is 11.5 Å². The number of hydrogen-bond donors (Lipinski definition) is 2. The van der Waals surface area contributed by atoms with Gasteiger partial charge in [0, 0.05) is 11.5 Å². The second kappa shape index (κ2) is 5.50. The highest BCUT2D eigenvalue weighted by Gasteiger charge is 2.16. The second-order valence-electron chi connectivity index (χ2n) is 3.98. The highest BCUT2D eigenvalue weighted by atomic mass is 35.5. The molecule has 5 nitrogen and oxygen atoms in total. The van der Waals surface area contributed by atoms with Crippen molar-refractivity contribution >= 4 is 28.3 Å². The quantitative estimate of drug-likeness (QED) is 0.666. The normalized spacial score (nSPS) is 10.6. The second-order valence-corrected chi connectivity index (χ2v) is 4.39. The molecule has 6 heteroatoms. The monoisotopic (exact) mass is 281 g/mol. The molecule has 0 saturated carbocycles. The summed E-state index contributed by atoms with van der Waals surface area (Å²) in [7, 11) is 3.15. The number of nitrogens with one attached hydrogen (secondary N) is 1. The van der Waals surface area contributed by atoms with Gasteiger partial charge >= 0.3 is 0 Å².